The number of rotatable bonds is 10. The molecule has 0 saturated carbocycles. The van der Waals surface area contributed by atoms with E-state index in [1.165, 1.54) is 35.4 Å². The molecule has 3 N–H and O–H groups in total. The number of aromatic nitrogens is 4. The number of fused-ring (bicyclic) bond motifs is 2. The molecule has 0 amide bonds. The summed E-state index contributed by atoms with van der Waals surface area (Å²) in [4.78, 5) is 35.8. The molecule has 2 aromatic carbocycles. The van der Waals surface area contributed by atoms with Crippen LogP contribution in [-0.2, 0) is 29.9 Å². The van der Waals surface area contributed by atoms with Crippen LogP contribution in [-0.4, -0.2) is 66.6 Å². The van der Waals surface area contributed by atoms with Crippen molar-refractivity contribution in [3.05, 3.63) is 78.4 Å². The first-order chi connectivity index (χ1) is 20.9. The lowest BCUT2D eigenvalue weighted by molar-refractivity contribution is -0.199. The Bertz CT molecular complexity index is 1740. The van der Waals surface area contributed by atoms with E-state index < -0.39 is 61.5 Å². The van der Waals surface area contributed by atoms with Gasteiger partial charge in [0.1, 0.15) is 42.5 Å². The highest BCUT2D eigenvalue weighted by molar-refractivity contribution is 7.55. The number of ketones is 1. The molecule has 0 bridgehead atoms. The number of benzene rings is 2. The zero-order valence-electron chi connectivity index (χ0n) is 23.4. The van der Waals surface area contributed by atoms with Crippen molar-refractivity contribution < 1.29 is 46.5 Å². The monoisotopic (exact) mass is 631 g/mol. The van der Waals surface area contributed by atoms with Crippen molar-refractivity contribution in [3.63, 3.8) is 0 Å². The van der Waals surface area contributed by atoms with Crippen molar-refractivity contribution in [3.8, 4) is 5.75 Å². The van der Waals surface area contributed by atoms with Crippen LogP contribution in [0.4, 0.5) is 14.6 Å². The molecule has 0 radical (unpaired) electrons. The van der Waals surface area contributed by atoms with Gasteiger partial charge in [-0.15, -0.1) is 0 Å². The van der Waals surface area contributed by atoms with Crippen molar-refractivity contribution in [1.82, 2.24) is 19.5 Å². The number of hydrogen-bond acceptors (Lipinski definition) is 11. The number of alkyl halides is 2. The molecule has 2 aliphatic rings. The highest BCUT2D eigenvalue weighted by atomic mass is 31.2. The molecule has 2 fully saturated rings. The first kappa shape index (κ1) is 30.2. The Labute approximate surface area is 249 Å². The molecule has 44 heavy (non-hydrogen) atoms. The summed E-state index contributed by atoms with van der Waals surface area (Å²) < 4.78 is 73.8. The second-order valence-electron chi connectivity index (χ2n) is 10.7. The number of nitrogens with zero attached hydrogens (tertiary/aromatic N) is 4. The summed E-state index contributed by atoms with van der Waals surface area (Å²) in [6.45, 7) is 2.45. The molecule has 4 aromatic rings. The summed E-state index contributed by atoms with van der Waals surface area (Å²) in [6, 6.07) is 14.1. The summed E-state index contributed by atoms with van der Waals surface area (Å²) in [5.41, 5.74) is 1.84. The topological polar surface area (TPSA) is 170 Å². The van der Waals surface area contributed by atoms with E-state index in [4.69, 9.17) is 29.2 Å². The van der Waals surface area contributed by atoms with Crippen LogP contribution in [0.2, 0.25) is 0 Å². The SMILES string of the molecule is CC1(C)O[C@@H]2[C@H](O1)[C@@H](COP(=O)(O)C(F)(F)C(=O)c1ccccc1OCc1ccccc1)O[C@H]2n1cnc2c(N)ncnc21. The number of ether oxygens (including phenoxy) is 4. The summed E-state index contributed by atoms with van der Waals surface area (Å²) in [5, 5.41) is 0. The first-order valence-corrected chi connectivity index (χ1v) is 15.1. The number of para-hydroxylation sites is 1. The lowest BCUT2D eigenvalue weighted by atomic mass is 10.1. The Morgan fingerprint density at radius 3 is 2.57 bits per heavy atom. The molecule has 6 rings (SSSR count). The number of hydrogen-bond donors (Lipinski definition) is 2. The van der Waals surface area contributed by atoms with E-state index in [-0.39, 0.29) is 18.2 Å². The number of nitrogen functional groups attached to an aromatic ring is 1. The maximum absolute atomic E-state index is 15.4. The molecule has 2 aromatic heterocycles. The summed E-state index contributed by atoms with van der Waals surface area (Å²) in [6.07, 6.45) is -1.16. The fraction of sp³-hybridized carbons (Fsp3) is 0.357. The van der Waals surface area contributed by atoms with Gasteiger partial charge in [-0.25, -0.2) is 15.0 Å². The van der Waals surface area contributed by atoms with Crippen molar-refractivity contribution in [2.24, 2.45) is 0 Å². The standard InChI is InChI=1S/C28H28F2N5O8P/c1-27(2)42-21-19(41-26(22(21)43-27)35-15-34-20-24(31)32-14-33-25(20)35)13-40-44(37,38)28(29,30)23(36)17-10-6-7-11-18(17)39-12-16-8-4-3-5-9-16/h3-11,14-15,19,21-22,26H,12-13H2,1-2H3,(H,37,38)(H2,31,32,33)/t19-,21-,22-,26-/m1/s1. The first-order valence-electron chi connectivity index (χ1n) is 13.5. The number of imidazole rings is 1. The van der Waals surface area contributed by atoms with Crippen LogP contribution in [0.3, 0.4) is 0 Å². The largest absolute Gasteiger partial charge is 0.488 e. The Morgan fingerprint density at radius 1 is 1.09 bits per heavy atom. The highest BCUT2D eigenvalue weighted by Gasteiger charge is 2.61. The van der Waals surface area contributed by atoms with E-state index in [9.17, 15) is 14.3 Å². The second-order valence-corrected chi connectivity index (χ2v) is 12.5. The molecule has 1 unspecified atom stereocenters. The van der Waals surface area contributed by atoms with Crippen LogP contribution in [0, 0.1) is 0 Å². The van der Waals surface area contributed by atoms with Gasteiger partial charge in [-0.2, -0.15) is 8.78 Å². The molecule has 4 heterocycles. The van der Waals surface area contributed by atoms with Crippen molar-refractivity contribution in [2.75, 3.05) is 12.3 Å². The third-order valence-corrected chi connectivity index (χ3v) is 8.61. The van der Waals surface area contributed by atoms with Crippen molar-refractivity contribution >= 4 is 30.4 Å². The Hall–Kier alpha value is -3.85. The lowest BCUT2D eigenvalue weighted by Gasteiger charge is -2.26. The minimum atomic E-state index is -5.93. The van der Waals surface area contributed by atoms with Gasteiger partial charge in [0, 0.05) is 0 Å². The van der Waals surface area contributed by atoms with Gasteiger partial charge in [-0.1, -0.05) is 42.5 Å². The van der Waals surface area contributed by atoms with Gasteiger partial charge in [0.25, 0.3) is 0 Å². The third-order valence-electron chi connectivity index (χ3n) is 7.20. The van der Waals surface area contributed by atoms with E-state index in [1.54, 1.807) is 44.2 Å². The van der Waals surface area contributed by atoms with Gasteiger partial charge in [0.15, 0.2) is 23.5 Å². The predicted molar refractivity (Wildman–Crippen MR) is 150 cm³/mol. The molecule has 13 nitrogen and oxygen atoms in total. The van der Waals surface area contributed by atoms with E-state index in [0.29, 0.717) is 11.2 Å². The molecule has 16 heteroatoms. The van der Waals surface area contributed by atoms with E-state index in [2.05, 4.69) is 15.0 Å². The molecule has 232 valence electrons. The quantitative estimate of drug-likeness (QED) is 0.190. The molecular formula is C28H28F2N5O8P. The fourth-order valence-electron chi connectivity index (χ4n) is 5.13. The van der Waals surface area contributed by atoms with Gasteiger partial charge < -0.3 is 34.1 Å². The van der Waals surface area contributed by atoms with Crippen LogP contribution in [0.15, 0.2) is 67.3 Å². The Balaban J connectivity index is 1.20. The number of halogens is 2. The third kappa shape index (κ3) is 5.47. The van der Waals surface area contributed by atoms with Crippen LogP contribution >= 0.6 is 7.60 Å². The van der Waals surface area contributed by atoms with Crippen molar-refractivity contribution in [2.45, 2.75) is 56.4 Å². The van der Waals surface area contributed by atoms with E-state index in [1.807, 2.05) is 0 Å². The molecule has 5 atom stereocenters. The average Bonchev–Trinajstić information content (AvgIpc) is 3.66. The summed E-state index contributed by atoms with van der Waals surface area (Å²) >= 11 is 0. The predicted octanol–water partition coefficient (Wildman–Crippen LogP) is 4.08. The smallest absolute Gasteiger partial charge is 0.407 e. The number of carbonyl (C=O) groups is 1. The number of anilines is 1. The number of Topliss-reactive ketones (excluding diaryl/α,β-unsaturated/α-hetero) is 1. The average molecular weight is 632 g/mol. The maximum Gasteiger partial charge on any atom is 0.407 e. The van der Waals surface area contributed by atoms with Crippen LogP contribution in [0.1, 0.15) is 36.0 Å². The maximum atomic E-state index is 15.4. The zero-order valence-corrected chi connectivity index (χ0v) is 24.3. The minimum absolute atomic E-state index is 0.0179. The van der Waals surface area contributed by atoms with Crippen LogP contribution in [0.25, 0.3) is 11.2 Å². The number of carbonyl (C=O) groups excluding carboxylic acids is 1. The normalized spacial score (nSPS) is 24.2. The van der Waals surface area contributed by atoms with Gasteiger partial charge in [-0.05, 0) is 31.5 Å². The van der Waals surface area contributed by atoms with E-state index >= 15 is 8.78 Å². The second kappa shape index (κ2) is 11.3. The minimum Gasteiger partial charge on any atom is -0.488 e. The summed E-state index contributed by atoms with van der Waals surface area (Å²) in [5.74, 6) is -3.08. The Kier molecular flexibility index (Phi) is 7.72. The zero-order chi connectivity index (χ0) is 31.3. The van der Waals surface area contributed by atoms with Crippen molar-refractivity contribution in [1.29, 1.82) is 0 Å². The summed E-state index contributed by atoms with van der Waals surface area (Å²) in [7, 11) is -5.93. The van der Waals surface area contributed by atoms with Gasteiger partial charge in [0.05, 0.1) is 18.5 Å². The van der Waals surface area contributed by atoms with Gasteiger partial charge in [0.2, 0.25) is 5.78 Å². The van der Waals surface area contributed by atoms with Crippen LogP contribution < -0.4 is 10.5 Å². The molecule has 0 aliphatic carbocycles. The van der Waals surface area contributed by atoms with Crippen LogP contribution in [0.5, 0.6) is 5.75 Å². The Morgan fingerprint density at radius 2 is 1.80 bits per heavy atom. The highest BCUT2D eigenvalue weighted by Crippen LogP contribution is 2.59. The fourth-order valence-corrected chi connectivity index (χ4v) is 6.02. The van der Waals surface area contributed by atoms with Gasteiger partial charge >= 0.3 is 13.3 Å². The number of nitrogens with two attached hydrogens (primary N) is 1. The van der Waals surface area contributed by atoms with Gasteiger partial charge in [-0.3, -0.25) is 13.9 Å². The van der Waals surface area contributed by atoms with E-state index in [0.717, 1.165) is 11.6 Å². The molecular weight excluding hydrogens is 603 g/mol. The molecule has 2 saturated heterocycles. The molecule has 0 spiro atoms. The lowest BCUT2D eigenvalue weighted by Crippen LogP contribution is -2.35. The molecule has 2 aliphatic heterocycles.